The van der Waals surface area contributed by atoms with E-state index in [1.807, 2.05) is 18.2 Å². The number of esters is 1. The maximum absolute atomic E-state index is 13.7. The fraction of sp³-hybridized carbons (Fsp3) is 0.310. The van der Waals surface area contributed by atoms with E-state index in [2.05, 4.69) is 17.4 Å². The molecule has 0 bridgehead atoms. The topological polar surface area (TPSA) is 58.6 Å². The summed E-state index contributed by atoms with van der Waals surface area (Å²) in [4.78, 5) is 27.6. The van der Waals surface area contributed by atoms with Crippen molar-refractivity contribution < 1.29 is 27.5 Å². The number of nitrogens with zero attached hydrogens (tertiary/aromatic N) is 1. The third-order valence-electron chi connectivity index (χ3n) is 7.10. The second-order valence-electron chi connectivity index (χ2n) is 9.36. The van der Waals surface area contributed by atoms with E-state index in [9.17, 15) is 22.8 Å². The summed E-state index contributed by atoms with van der Waals surface area (Å²) >= 11 is 0. The Morgan fingerprint density at radius 2 is 1.78 bits per heavy atom. The third-order valence-corrected chi connectivity index (χ3v) is 7.10. The lowest BCUT2D eigenvalue weighted by atomic mass is 9.99. The molecular formula is C29H27F3N2O3. The molecule has 192 valence electrons. The highest BCUT2D eigenvalue weighted by Crippen LogP contribution is 2.41. The molecule has 0 spiro atoms. The molecule has 37 heavy (non-hydrogen) atoms. The van der Waals surface area contributed by atoms with Crippen LogP contribution in [0.4, 0.5) is 18.9 Å². The number of halogens is 3. The van der Waals surface area contributed by atoms with Crippen molar-refractivity contribution in [1.82, 2.24) is 5.32 Å². The molecule has 0 unspecified atom stereocenters. The number of rotatable bonds is 6. The number of hydrogen-bond acceptors (Lipinski definition) is 4. The van der Waals surface area contributed by atoms with E-state index >= 15 is 0 Å². The number of ether oxygens (including phenoxy) is 1. The van der Waals surface area contributed by atoms with E-state index in [1.165, 1.54) is 23.3 Å². The van der Waals surface area contributed by atoms with Crippen molar-refractivity contribution in [1.29, 1.82) is 0 Å². The summed E-state index contributed by atoms with van der Waals surface area (Å²) in [5.74, 6) is -0.678. The molecule has 1 aliphatic heterocycles. The maximum Gasteiger partial charge on any atom is 0.416 e. The van der Waals surface area contributed by atoms with Gasteiger partial charge in [-0.15, -0.1) is 0 Å². The minimum absolute atomic E-state index is 0.0178. The van der Waals surface area contributed by atoms with Crippen LogP contribution in [0.25, 0.3) is 0 Å². The van der Waals surface area contributed by atoms with Crippen LogP contribution in [-0.4, -0.2) is 24.5 Å². The summed E-state index contributed by atoms with van der Waals surface area (Å²) in [6.45, 7) is 1.96. The molecule has 1 heterocycles. The first-order valence-electron chi connectivity index (χ1n) is 12.4. The normalized spacial score (nSPS) is 21.2. The summed E-state index contributed by atoms with van der Waals surface area (Å²) in [6.07, 6.45) is -2.28. The van der Waals surface area contributed by atoms with E-state index < -0.39 is 29.8 Å². The van der Waals surface area contributed by atoms with Gasteiger partial charge >= 0.3 is 12.1 Å². The lowest BCUT2D eigenvalue weighted by molar-refractivity contribution is -0.137. The van der Waals surface area contributed by atoms with Gasteiger partial charge in [-0.25, -0.2) is 4.79 Å². The Balaban J connectivity index is 1.48. The van der Waals surface area contributed by atoms with E-state index in [-0.39, 0.29) is 18.6 Å². The van der Waals surface area contributed by atoms with Gasteiger partial charge in [0.1, 0.15) is 0 Å². The van der Waals surface area contributed by atoms with Crippen LogP contribution in [-0.2, 0) is 22.1 Å². The zero-order valence-electron chi connectivity index (χ0n) is 20.3. The highest BCUT2D eigenvalue weighted by Gasteiger charge is 2.43. The first kappa shape index (κ1) is 25.0. The predicted molar refractivity (Wildman–Crippen MR) is 133 cm³/mol. The van der Waals surface area contributed by atoms with E-state index in [0.29, 0.717) is 17.7 Å². The second kappa shape index (κ2) is 10.0. The summed E-state index contributed by atoms with van der Waals surface area (Å²) in [6, 6.07) is 18.7. The molecule has 1 saturated heterocycles. The van der Waals surface area contributed by atoms with Crippen molar-refractivity contribution >= 4 is 17.6 Å². The van der Waals surface area contributed by atoms with Crippen LogP contribution in [0.2, 0.25) is 0 Å². The molecule has 3 aromatic rings. The smallest absolute Gasteiger partial charge is 0.416 e. The average Bonchev–Trinajstić information content (AvgIpc) is 3.45. The Morgan fingerprint density at radius 3 is 2.51 bits per heavy atom. The number of aryl methyl sites for hydroxylation is 1. The van der Waals surface area contributed by atoms with Crippen LogP contribution < -0.4 is 10.2 Å². The van der Waals surface area contributed by atoms with Crippen LogP contribution >= 0.6 is 0 Å². The van der Waals surface area contributed by atoms with Crippen LogP contribution in [0.1, 0.15) is 64.5 Å². The Labute approximate surface area is 213 Å². The Morgan fingerprint density at radius 1 is 1.03 bits per heavy atom. The molecule has 2 aliphatic rings. The van der Waals surface area contributed by atoms with Crippen molar-refractivity contribution in [3.8, 4) is 0 Å². The first-order valence-corrected chi connectivity index (χ1v) is 12.4. The van der Waals surface area contributed by atoms with E-state index in [1.54, 1.807) is 30.0 Å². The SMILES string of the molecule is CCOC(=O)c1cccc([C@@H]2C[C@H](N[C@H]3CCc4ccccc43)C(=O)N2c2ccc(C(F)(F)F)cc2)c1. The molecule has 5 rings (SSSR count). The minimum atomic E-state index is -4.47. The zero-order valence-corrected chi connectivity index (χ0v) is 20.3. The van der Waals surface area contributed by atoms with Gasteiger partial charge in [-0.1, -0.05) is 36.4 Å². The first-order chi connectivity index (χ1) is 17.8. The molecule has 3 atom stereocenters. The van der Waals surface area contributed by atoms with Gasteiger partial charge in [-0.3, -0.25) is 10.1 Å². The fourth-order valence-electron chi connectivity index (χ4n) is 5.35. The lowest BCUT2D eigenvalue weighted by Crippen LogP contribution is -2.40. The molecule has 0 saturated carbocycles. The van der Waals surface area contributed by atoms with Gasteiger partial charge < -0.3 is 9.64 Å². The van der Waals surface area contributed by atoms with Gasteiger partial charge in [0.15, 0.2) is 0 Å². The maximum atomic E-state index is 13.7. The van der Waals surface area contributed by atoms with Crippen LogP contribution in [0, 0.1) is 0 Å². The number of fused-ring (bicyclic) bond motifs is 1. The number of hydrogen-bond donors (Lipinski definition) is 1. The zero-order chi connectivity index (χ0) is 26.2. The van der Waals surface area contributed by atoms with Crippen LogP contribution in [0.3, 0.4) is 0 Å². The molecular weight excluding hydrogens is 481 g/mol. The number of benzene rings is 3. The molecule has 1 aliphatic carbocycles. The summed E-state index contributed by atoms with van der Waals surface area (Å²) in [7, 11) is 0. The fourth-order valence-corrected chi connectivity index (χ4v) is 5.35. The Hall–Kier alpha value is -3.65. The largest absolute Gasteiger partial charge is 0.462 e. The standard InChI is InChI=1S/C29H27F3N2O3/c1-2-37-28(36)20-8-5-7-19(16-20)26-17-25(33-24-15-10-18-6-3-4-9-23(18)24)27(35)34(26)22-13-11-21(12-14-22)29(30,31)32/h3-9,11-14,16,24-26,33H,2,10,15,17H2,1H3/t24-,25-,26-/m0/s1. The highest BCUT2D eigenvalue weighted by atomic mass is 19.4. The Kier molecular flexibility index (Phi) is 6.77. The number of alkyl halides is 3. The average molecular weight is 509 g/mol. The minimum Gasteiger partial charge on any atom is -0.462 e. The molecule has 1 amide bonds. The molecule has 0 radical (unpaired) electrons. The number of anilines is 1. The number of carbonyl (C=O) groups is 2. The van der Waals surface area contributed by atoms with Gasteiger partial charge in [0.05, 0.1) is 29.8 Å². The molecule has 0 aromatic heterocycles. The predicted octanol–water partition coefficient (Wildman–Crippen LogP) is 6.01. The second-order valence-corrected chi connectivity index (χ2v) is 9.36. The number of carbonyl (C=O) groups excluding carboxylic acids is 2. The van der Waals surface area contributed by atoms with Crippen LogP contribution in [0.5, 0.6) is 0 Å². The molecule has 1 fully saturated rings. The third kappa shape index (κ3) is 4.98. The quantitative estimate of drug-likeness (QED) is 0.415. The molecule has 8 heteroatoms. The van der Waals surface area contributed by atoms with Gasteiger partial charge in [-0.05, 0) is 79.3 Å². The Bertz CT molecular complexity index is 1310. The summed E-state index contributed by atoms with van der Waals surface area (Å²) < 4.78 is 44.7. The van der Waals surface area contributed by atoms with E-state index in [4.69, 9.17) is 4.74 Å². The van der Waals surface area contributed by atoms with Gasteiger partial charge in [0.2, 0.25) is 5.91 Å². The number of nitrogens with one attached hydrogen (secondary N) is 1. The van der Waals surface area contributed by atoms with Crippen molar-refractivity contribution in [2.45, 2.75) is 50.5 Å². The van der Waals surface area contributed by atoms with Crippen molar-refractivity contribution in [3.05, 3.63) is 101 Å². The van der Waals surface area contributed by atoms with Crippen LogP contribution in [0.15, 0.2) is 72.8 Å². The molecule has 3 aromatic carbocycles. The van der Waals surface area contributed by atoms with E-state index in [0.717, 1.165) is 30.5 Å². The highest BCUT2D eigenvalue weighted by molar-refractivity contribution is 6.00. The summed E-state index contributed by atoms with van der Waals surface area (Å²) in [5, 5.41) is 3.51. The van der Waals surface area contributed by atoms with Crippen molar-refractivity contribution in [2.24, 2.45) is 0 Å². The summed E-state index contributed by atoms with van der Waals surface area (Å²) in [5.41, 5.74) is 3.10. The van der Waals surface area contributed by atoms with Crippen molar-refractivity contribution in [2.75, 3.05) is 11.5 Å². The lowest BCUT2D eigenvalue weighted by Gasteiger charge is -2.26. The monoisotopic (exact) mass is 508 g/mol. The van der Waals surface area contributed by atoms with Crippen molar-refractivity contribution in [3.63, 3.8) is 0 Å². The molecule has 5 nitrogen and oxygen atoms in total. The number of amides is 1. The van der Waals surface area contributed by atoms with Gasteiger partial charge in [0, 0.05) is 11.7 Å². The van der Waals surface area contributed by atoms with Gasteiger partial charge in [-0.2, -0.15) is 13.2 Å². The van der Waals surface area contributed by atoms with Gasteiger partial charge in [0.25, 0.3) is 0 Å². The molecule has 1 N–H and O–H groups in total.